The minimum atomic E-state index is -0.747. The molecular weight excluding hydrogens is 296 g/mol. The summed E-state index contributed by atoms with van der Waals surface area (Å²) >= 11 is 0. The van der Waals surface area contributed by atoms with Crippen molar-refractivity contribution in [2.45, 2.75) is 33.1 Å². The molecule has 23 heavy (non-hydrogen) atoms. The molecule has 0 aliphatic heterocycles. The molecule has 0 fully saturated rings. The van der Waals surface area contributed by atoms with Crippen LogP contribution in [0.1, 0.15) is 31.3 Å². The third-order valence-electron chi connectivity index (χ3n) is 2.36. The van der Waals surface area contributed by atoms with E-state index in [0.29, 0.717) is 17.9 Å². The Balaban J connectivity index is 2.25. The van der Waals surface area contributed by atoms with Crippen LogP contribution in [0.3, 0.4) is 0 Å². The SMILES string of the molecule is CC#CC#CCCC(=O)OCC#CC#CCc1oc(=O)oc1C. The third-order valence-corrected chi connectivity index (χ3v) is 2.36. The minimum Gasteiger partial charge on any atom is -0.452 e. The molecule has 0 radical (unpaired) electrons. The molecule has 0 aromatic carbocycles. The summed E-state index contributed by atoms with van der Waals surface area (Å²) in [4.78, 5) is 22.1. The summed E-state index contributed by atoms with van der Waals surface area (Å²) in [5.41, 5.74) is 0. The van der Waals surface area contributed by atoms with Gasteiger partial charge in [-0.05, 0) is 43.4 Å². The van der Waals surface area contributed by atoms with Crippen molar-refractivity contribution >= 4 is 5.97 Å². The van der Waals surface area contributed by atoms with E-state index in [4.69, 9.17) is 9.15 Å². The number of hydrogen-bond donors (Lipinski definition) is 0. The first-order chi connectivity index (χ1) is 11.1. The molecule has 1 aromatic heterocycles. The molecule has 116 valence electrons. The number of carbonyl (C=O) groups is 1. The van der Waals surface area contributed by atoms with Gasteiger partial charge in [0.2, 0.25) is 0 Å². The Kier molecular flexibility index (Phi) is 8.07. The van der Waals surface area contributed by atoms with Gasteiger partial charge in [0, 0.05) is 6.42 Å². The zero-order valence-electron chi connectivity index (χ0n) is 12.9. The van der Waals surface area contributed by atoms with Crippen LogP contribution in [0.2, 0.25) is 0 Å². The maximum absolute atomic E-state index is 11.3. The van der Waals surface area contributed by atoms with E-state index >= 15 is 0 Å². The second-order valence-corrected chi connectivity index (χ2v) is 4.05. The lowest BCUT2D eigenvalue weighted by molar-refractivity contribution is -0.142. The van der Waals surface area contributed by atoms with Crippen molar-refractivity contribution < 1.29 is 18.4 Å². The van der Waals surface area contributed by atoms with Crippen LogP contribution in [-0.4, -0.2) is 12.6 Å². The Morgan fingerprint density at radius 2 is 1.83 bits per heavy atom. The molecule has 0 bridgehead atoms. The standard InChI is InChI=1S/C18H14O5/c1-3-4-5-6-10-13-17(19)21-14-11-8-7-9-12-16-15(2)22-18(20)23-16/h10,12-14H2,1-2H3. The second kappa shape index (κ2) is 10.4. The normalized spacial score (nSPS) is 8.09. The van der Waals surface area contributed by atoms with E-state index in [-0.39, 0.29) is 25.4 Å². The van der Waals surface area contributed by atoms with Crippen molar-refractivity contribution in [1.82, 2.24) is 0 Å². The molecule has 0 amide bonds. The van der Waals surface area contributed by atoms with Crippen molar-refractivity contribution in [3.8, 4) is 47.4 Å². The van der Waals surface area contributed by atoms with E-state index < -0.39 is 5.82 Å². The average molecular weight is 310 g/mol. The van der Waals surface area contributed by atoms with Gasteiger partial charge in [0.25, 0.3) is 0 Å². The fourth-order valence-electron chi connectivity index (χ4n) is 1.31. The fraction of sp³-hybridized carbons (Fsp3) is 0.333. The first-order valence-electron chi connectivity index (χ1n) is 6.74. The van der Waals surface area contributed by atoms with Gasteiger partial charge in [0.1, 0.15) is 5.76 Å². The van der Waals surface area contributed by atoms with Gasteiger partial charge in [-0.25, -0.2) is 4.79 Å². The van der Waals surface area contributed by atoms with Crippen molar-refractivity contribution in [2.75, 3.05) is 6.61 Å². The van der Waals surface area contributed by atoms with Crippen molar-refractivity contribution in [3.05, 3.63) is 22.1 Å². The highest BCUT2D eigenvalue weighted by molar-refractivity contribution is 5.69. The van der Waals surface area contributed by atoms with Gasteiger partial charge >= 0.3 is 11.8 Å². The number of hydrogen-bond acceptors (Lipinski definition) is 5. The number of ether oxygens (including phenoxy) is 1. The Morgan fingerprint density at radius 1 is 1.09 bits per heavy atom. The summed E-state index contributed by atoms with van der Waals surface area (Å²) < 4.78 is 14.3. The second-order valence-electron chi connectivity index (χ2n) is 4.05. The molecule has 0 aliphatic rings. The highest BCUT2D eigenvalue weighted by Gasteiger charge is 2.05. The molecule has 0 atom stereocenters. The summed E-state index contributed by atoms with van der Waals surface area (Å²) in [7, 11) is 0. The van der Waals surface area contributed by atoms with E-state index in [1.54, 1.807) is 13.8 Å². The molecule has 0 spiro atoms. The summed E-state index contributed by atoms with van der Waals surface area (Å²) in [5, 5.41) is 0. The summed E-state index contributed by atoms with van der Waals surface area (Å²) in [6, 6.07) is 0. The minimum absolute atomic E-state index is 0.0322. The zero-order valence-corrected chi connectivity index (χ0v) is 12.9. The smallest absolute Gasteiger partial charge is 0.452 e. The van der Waals surface area contributed by atoms with Crippen LogP contribution in [0.4, 0.5) is 0 Å². The van der Waals surface area contributed by atoms with Gasteiger partial charge in [-0.2, -0.15) is 0 Å². The Hall–Kier alpha value is -3.28. The van der Waals surface area contributed by atoms with Crippen LogP contribution < -0.4 is 5.82 Å². The van der Waals surface area contributed by atoms with Crippen molar-refractivity contribution in [3.63, 3.8) is 0 Å². The molecule has 5 nitrogen and oxygen atoms in total. The lowest BCUT2D eigenvalue weighted by Gasteiger charge is -1.96. The molecule has 1 rings (SSSR count). The van der Waals surface area contributed by atoms with E-state index in [9.17, 15) is 9.59 Å². The molecule has 0 saturated carbocycles. The van der Waals surface area contributed by atoms with Gasteiger partial charge < -0.3 is 13.6 Å². The molecule has 0 unspecified atom stereocenters. The topological polar surface area (TPSA) is 69.7 Å². The highest BCUT2D eigenvalue weighted by atomic mass is 16.6. The molecule has 1 aromatic rings. The molecule has 1 heterocycles. The van der Waals surface area contributed by atoms with E-state index in [1.165, 1.54) is 0 Å². The van der Waals surface area contributed by atoms with Crippen LogP contribution in [0.5, 0.6) is 0 Å². The van der Waals surface area contributed by atoms with Crippen LogP contribution in [-0.2, 0) is 16.0 Å². The third kappa shape index (κ3) is 7.91. The quantitative estimate of drug-likeness (QED) is 0.622. The first-order valence-corrected chi connectivity index (χ1v) is 6.74. The van der Waals surface area contributed by atoms with Gasteiger partial charge in [-0.15, -0.1) is 0 Å². The maximum Gasteiger partial charge on any atom is 0.519 e. The molecule has 0 saturated heterocycles. The van der Waals surface area contributed by atoms with E-state index in [1.807, 2.05) is 0 Å². The largest absolute Gasteiger partial charge is 0.519 e. The van der Waals surface area contributed by atoms with E-state index in [2.05, 4.69) is 51.8 Å². The van der Waals surface area contributed by atoms with Crippen LogP contribution in [0.25, 0.3) is 0 Å². The predicted molar refractivity (Wildman–Crippen MR) is 82.7 cm³/mol. The number of aryl methyl sites for hydroxylation is 1. The Labute approximate surface area is 134 Å². The monoisotopic (exact) mass is 310 g/mol. The lowest BCUT2D eigenvalue weighted by atomic mass is 10.3. The van der Waals surface area contributed by atoms with E-state index in [0.717, 1.165) is 0 Å². The van der Waals surface area contributed by atoms with Gasteiger partial charge in [0.15, 0.2) is 12.4 Å². The number of rotatable bonds is 4. The van der Waals surface area contributed by atoms with Crippen molar-refractivity contribution in [1.29, 1.82) is 0 Å². The Bertz CT molecular complexity index is 838. The molecule has 5 heteroatoms. The summed E-state index contributed by atoms with van der Waals surface area (Å²) in [6.45, 7) is 3.28. The zero-order chi connectivity index (χ0) is 16.9. The van der Waals surface area contributed by atoms with Crippen LogP contribution in [0.15, 0.2) is 13.6 Å². The predicted octanol–water partition coefficient (Wildman–Crippen LogP) is 1.44. The lowest BCUT2D eigenvalue weighted by Crippen LogP contribution is -2.03. The first kappa shape index (κ1) is 17.8. The van der Waals surface area contributed by atoms with Crippen LogP contribution >= 0.6 is 0 Å². The van der Waals surface area contributed by atoms with Gasteiger partial charge in [-0.1, -0.05) is 17.8 Å². The fourth-order valence-corrected chi connectivity index (χ4v) is 1.31. The number of esters is 1. The van der Waals surface area contributed by atoms with Gasteiger partial charge in [0.05, 0.1) is 12.8 Å². The molecule has 0 aliphatic carbocycles. The highest BCUT2D eigenvalue weighted by Crippen LogP contribution is 2.04. The maximum atomic E-state index is 11.3. The molecular formula is C18H14O5. The molecule has 0 N–H and O–H groups in total. The number of carbonyl (C=O) groups excluding carboxylic acids is 1. The summed E-state index contributed by atoms with van der Waals surface area (Å²) in [6.07, 6.45) is 0.825. The van der Waals surface area contributed by atoms with Crippen LogP contribution in [0, 0.1) is 54.3 Å². The average Bonchev–Trinajstić information content (AvgIpc) is 2.84. The Morgan fingerprint density at radius 3 is 2.52 bits per heavy atom. The van der Waals surface area contributed by atoms with Gasteiger partial charge in [-0.3, -0.25) is 4.79 Å². The summed E-state index contributed by atoms with van der Waals surface area (Å²) in [5.74, 6) is 20.6. The van der Waals surface area contributed by atoms with Crippen molar-refractivity contribution in [2.24, 2.45) is 0 Å².